The van der Waals surface area contributed by atoms with Gasteiger partial charge in [-0.3, -0.25) is 0 Å². The quantitative estimate of drug-likeness (QED) is 0.327. The highest BCUT2D eigenvalue weighted by Crippen LogP contribution is 2.38. The van der Waals surface area contributed by atoms with Crippen LogP contribution >= 0.6 is 0 Å². The second-order valence-electron chi connectivity index (χ2n) is 12.4. The number of hydrogen-bond acceptors (Lipinski definition) is 2. The summed E-state index contributed by atoms with van der Waals surface area (Å²) in [5.74, 6) is 5.44. The van der Waals surface area contributed by atoms with Gasteiger partial charge in [-0.25, -0.2) is 0 Å². The van der Waals surface area contributed by atoms with Crippen molar-refractivity contribution in [1.82, 2.24) is 0 Å². The molecule has 5 atom stereocenters. The molecule has 184 valence electrons. The van der Waals surface area contributed by atoms with Crippen LogP contribution in [-0.2, 0) is 0 Å². The van der Waals surface area contributed by atoms with Crippen molar-refractivity contribution in [3.05, 3.63) is 0 Å². The third kappa shape index (κ3) is 9.00. The first-order valence-electron chi connectivity index (χ1n) is 14.1. The van der Waals surface area contributed by atoms with E-state index in [1.54, 1.807) is 0 Å². The maximum Gasteiger partial charge on any atom is 0.0571 e. The summed E-state index contributed by atoms with van der Waals surface area (Å²) in [6.07, 6.45) is 15.5. The van der Waals surface area contributed by atoms with Crippen LogP contribution in [0.4, 0.5) is 0 Å². The van der Waals surface area contributed by atoms with E-state index in [1.807, 2.05) is 0 Å². The van der Waals surface area contributed by atoms with Crippen LogP contribution in [0.5, 0.6) is 0 Å². The Morgan fingerprint density at radius 2 is 1.32 bits per heavy atom. The van der Waals surface area contributed by atoms with E-state index in [1.165, 1.54) is 57.8 Å². The maximum atomic E-state index is 11.0. The summed E-state index contributed by atoms with van der Waals surface area (Å²) < 4.78 is 0. The normalized spacial score (nSPS) is 32.4. The van der Waals surface area contributed by atoms with Gasteiger partial charge in [0.1, 0.15) is 0 Å². The van der Waals surface area contributed by atoms with Crippen molar-refractivity contribution in [2.75, 3.05) is 0 Å². The molecule has 0 bridgehead atoms. The molecule has 0 amide bonds. The van der Waals surface area contributed by atoms with E-state index in [0.29, 0.717) is 23.7 Å². The van der Waals surface area contributed by atoms with Gasteiger partial charge in [0.15, 0.2) is 0 Å². The average molecular weight is 437 g/mol. The minimum Gasteiger partial charge on any atom is -0.393 e. The second-order valence-corrected chi connectivity index (χ2v) is 12.4. The fourth-order valence-corrected chi connectivity index (χ4v) is 6.48. The van der Waals surface area contributed by atoms with E-state index in [-0.39, 0.29) is 12.2 Å². The molecule has 2 aliphatic rings. The van der Waals surface area contributed by atoms with Crippen LogP contribution in [0.1, 0.15) is 125 Å². The maximum absolute atomic E-state index is 11.0. The molecule has 2 N–H and O–H groups in total. The molecule has 2 heteroatoms. The monoisotopic (exact) mass is 436 g/mol. The van der Waals surface area contributed by atoms with Crippen molar-refractivity contribution in [1.29, 1.82) is 0 Å². The molecule has 0 spiro atoms. The second kappa shape index (κ2) is 13.6. The first kappa shape index (κ1) is 27.2. The van der Waals surface area contributed by atoms with Crippen LogP contribution in [0.2, 0.25) is 0 Å². The predicted molar refractivity (Wildman–Crippen MR) is 134 cm³/mol. The number of aliphatic hydroxyl groups excluding tert-OH is 2. The first-order valence-corrected chi connectivity index (χ1v) is 14.1. The fourth-order valence-electron chi connectivity index (χ4n) is 6.48. The molecule has 0 aliphatic heterocycles. The van der Waals surface area contributed by atoms with Crippen molar-refractivity contribution < 1.29 is 10.2 Å². The van der Waals surface area contributed by atoms with Crippen molar-refractivity contribution in [3.63, 3.8) is 0 Å². The van der Waals surface area contributed by atoms with Crippen molar-refractivity contribution in [2.45, 2.75) is 137 Å². The Morgan fingerprint density at radius 3 is 1.87 bits per heavy atom. The Labute approximate surface area is 195 Å². The minimum atomic E-state index is -0.150. The highest BCUT2D eigenvalue weighted by molar-refractivity contribution is 4.81. The molecule has 0 aromatic carbocycles. The van der Waals surface area contributed by atoms with Gasteiger partial charge in [0.2, 0.25) is 0 Å². The minimum absolute atomic E-state index is 0.122. The number of aliphatic hydroxyl groups is 2. The van der Waals surface area contributed by atoms with E-state index >= 15 is 0 Å². The number of rotatable bonds is 12. The summed E-state index contributed by atoms with van der Waals surface area (Å²) >= 11 is 0. The molecule has 2 aliphatic carbocycles. The zero-order chi connectivity index (χ0) is 23.0. The lowest BCUT2D eigenvalue weighted by Gasteiger charge is -2.34. The first-order chi connectivity index (χ1) is 14.7. The van der Waals surface area contributed by atoms with Gasteiger partial charge in [-0.2, -0.15) is 0 Å². The van der Waals surface area contributed by atoms with Crippen LogP contribution in [-0.4, -0.2) is 22.4 Å². The van der Waals surface area contributed by atoms with Gasteiger partial charge in [-0.05, 0) is 98.7 Å². The van der Waals surface area contributed by atoms with Crippen LogP contribution < -0.4 is 0 Å². The summed E-state index contributed by atoms with van der Waals surface area (Å²) in [6.45, 7) is 14.0. The van der Waals surface area contributed by atoms with Gasteiger partial charge in [0.25, 0.3) is 0 Å². The zero-order valence-electron chi connectivity index (χ0n) is 21.9. The van der Waals surface area contributed by atoms with Crippen LogP contribution in [0, 0.1) is 47.3 Å². The van der Waals surface area contributed by atoms with Gasteiger partial charge in [-0.15, -0.1) is 0 Å². The largest absolute Gasteiger partial charge is 0.393 e. The van der Waals surface area contributed by atoms with Gasteiger partial charge >= 0.3 is 0 Å². The van der Waals surface area contributed by atoms with Crippen molar-refractivity contribution in [3.8, 4) is 0 Å². The Balaban J connectivity index is 1.77. The Bertz CT molecular complexity index is 459. The lowest BCUT2D eigenvalue weighted by molar-refractivity contribution is 0.0381. The summed E-state index contributed by atoms with van der Waals surface area (Å²) in [5, 5.41) is 21.9. The van der Waals surface area contributed by atoms with Crippen molar-refractivity contribution >= 4 is 0 Å². The molecule has 2 nitrogen and oxygen atoms in total. The fraction of sp³-hybridized carbons (Fsp3) is 1.00. The summed E-state index contributed by atoms with van der Waals surface area (Å²) in [5.41, 5.74) is 0. The van der Waals surface area contributed by atoms with Gasteiger partial charge in [0, 0.05) is 0 Å². The van der Waals surface area contributed by atoms with Crippen LogP contribution in [0.15, 0.2) is 0 Å². The standard InChI is InChI=1S/C29H56O2/c1-7-22(5)27(19-29(31)26-13-8-21(4)9-14-26)15-10-23(6)28(30)18-24-11-16-25(17-12-24)20(2)3/h20-31H,7-19H2,1-6H3/t21?,22?,23?,24?,25?,26?,27?,28?,29-/m0/s1. The number of hydrogen-bond donors (Lipinski definition) is 2. The third-order valence-electron chi connectivity index (χ3n) is 9.66. The molecule has 0 saturated heterocycles. The van der Waals surface area contributed by atoms with Crippen LogP contribution in [0.3, 0.4) is 0 Å². The molecule has 2 saturated carbocycles. The molecule has 0 heterocycles. The Morgan fingerprint density at radius 1 is 0.742 bits per heavy atom. The summed E-state index contributed by atoms with van der Waals surface area (Å²) in [6, 6.07) is 0. The van der Waals surface area contributed by atoms with E-state index in [2.05, 4.69) is 41.5 Å². The topological polar surface area (TPSA) is 40.5 Å². The van der Waals surface area contributed by atoms with Gasteiger partial charge in [0.05, 0.1) is 12.2 Å². The smallest absolute Gasteiger partial charge is 0.0571 e. The van der Waals surface area contributed by atoms with E-state index < -0.39 is 0 Å². The molecular weight excluding hydrogens is 380 g/mol. The Kier molecular flexibility index (Phi) is 11.9. The van der Waals surface area contributed by atoms with Gasteiger partial charge < -0.3 is 10.2 Å². The average Bonchev–Trinajstić information content (AvgIpc) is 2.76. The zero-order valence-corrected chi connectivity index (χ0v) is 21.9. The molecule has 0 aromatic heterocycles. The molecule has 0 radical (unpaired) electrons. The molecule has 4 unspecified atom stereocenters. The van der Waals surface area contributed by atoms with E-state index in [4.69, 9.17) is 0 Å². The molecular formula is C29H56O2. The lowest BCUT2D eigenvalue weighted by Crippen LogP contribution is -2.30. The van der Waals surface area contributed by atoms with Crippen LogP contribution in [0.25, 0.3) is 0 Å². The molecule has 2 rings (SSSR count). The van der Waals surface area contributed by atoms with E-state index in [9.17, 15) is 10.2 Å². The molecule has 0 aromatic rings. The molecule has 31 heavy (non-hydrogen) atoms. The SMILES string of the molecule is CCC(C)C(CCC(C)C(O)CC1CCC(C(C)C)CC1)C[C@H](O)C1CCC(C)CC1. The van der Waals surface area contributed by atoms with E-state index in [0.717, 1.165) is 49.4 Å². The third-order valence-corrected chi connectivity index (χ3v) is 9.66. The lowest BCUT2D eigenvalue weighted by atomic mass is 9.73. The predicted octanol–water partition coefficient (Wildman–Crippen LogP) is 7.86. The summed E-state index contributed by atoms with van der Waals surface area (Å²) in [7, 11) is 0. The van der Waals surface area contributed by atoms with Gasteiger partial charge in [-0.1, -0.05) is 73.6 Å². The Hall–Kier alpha value is -0.0800. The highest BCUT2D eigenvalue weighted by atomic mass is 16.3. The van der Waals surface area contributed by atoms with Crippen molar-refractivity contribution in [2.24, 2.45) is 47.3 Å². The highest BCUT2D eigenvalue weighted by Gasteiger charge is 2.30. The summed E-state index contributed by atoms with van der Waals surface area (Å²) in [4.78, 5) is 0. The molecule has 2 fully saturated rings.